The Kier molecular flexibility index (Phi) is 14.0. The summed E-state index contributed by atoms with van der Waals surface area (Å²) < 4.78 is 0. The molecule has 0 bridgehead atoms. The van der Waals surface area contributed by atoms with Crippen LogP contribution in [0.3, 0.4) is 0 Å². The van der Waals surface area contributed by atoms with Crippen molar-refractivity contribution in [2.75, 3.05) is 13.1 Å². The molecule has 0 atom stereocenters. The number of likely N-dealkylation sites (tertiary alicyclic amines) is 1. The molecule has 1 aliphatic heterocycles. The Morgan fingerprint density at radius 1 is 1.06 bits per heavy atom. The fraction of sp³-hybridized carbons (Fsp3) is 0.929. The topological polar surface area (TPSA) is 20.3 Å². The summed E-state index contributed by atoms with van der Waals surface area (Å²) in [7, 11) is 0. The van der Waals surface area contributed by atoms with Crippen molar-refractivity contribution in [2.45, 2.75) is 67.2 Å². The van der Waals surface area contributed by atoms with Gasteiger partial charge in [-0.15, -0.1) is 0 Å². The molecule has 98 valence electrons. The lowest BCUT2D eigenvalue weighted by molar-refractivity contribution is -0.130. The van der Waals surface area contributed by atoms with Crippen molar-refractivity contribution < 1.29 is 4.79 Å². The average molecular weight is 229 g/mol. The van der Waals surface area contributed by atoms with Gasteiger partial charge in [-0.3, -0.25) is 4.79 Å². The smallest absolute Gasteiger partial charge is 0.219 e. The standard InChI is InChI=1S/C8H15NO.2C3H8/c1-7-3-5-9(6-4-7)8(2)10;2*1-3-2/h7H,3-6H2,1-2H3;2*3H2,1-2H3. The van der Waals surface area contributed by atoms with Gasteiger partial charge in [0.1, 0.15) is 0 Å². The third kappa shape index (κ3) is 11.5. The summed E-state index contributed by atoms with van der Waals surface area (Å²) in [5.74, 6) is 1.04. The van der Waals surface area contributed by atoms with E-state index in [-0.39, 0.29) is 5.91 Å². The first-order chi connectivity index (χ1) is 7.53. The minimum Gasteiger partial charge on any atom is -0.343 e. The zero-order chi connectivity index (χ0) is 13.0. The molecule has 0 aromatic heterocycles. The van der Waals surface area contributed by atoms with Gasteiger partial charge in [-0.25, -0.2) is 0 Å². The van der Waals surface area contributed by atoms with Crippen LogP contribution < -0.4 is 0 Å². The molecule has 0 aromatic carbocycles. The molecule has 1 fully saturated rings. The fourth-order valence-electron chi connectivity index (χ4n) is 1.32. The lowest BCUT2D eigenvalue weighted by atomic mass is 9.99. The molecule has 0 radical (unpaired) electrons. The Labute approximate surface area is 102 Å². The Morgan fingerprint density at radius 2 is 1.38 bits per heavy atom. The molecule has 1 saturated heterocycles. The van der Waals surface area contributed by atoms with Gasteiger partial charge in [-0.2, -0.15) is 0 Å². The van der Waals surface area contributed by atoms with Crippen LogP contribution in [0.25, 0.3) is 0 Å². The molecule has 0 spiro atoms. The Hall–Kier alpha value is -0.530. The normalized spacial score (nSPS) is 15.5. The van der Waals surface area contributed by atoms with E-state index in [1.165, 1.54) is 25.7 Å². The second-order valence-electron chi connectivity index (χ2n) is 4.60. The SMILES string of the molecule is CC(=O)N1CCC(C)CC1.CCC.CCC. The zero-order valence-corrected chi connectivity index (χ0v) is 12.2. The van der Waals surface area contributed by atoms with Crippen LogP contribution in [0.5, 0.6) is 0 Å². The second kappa shape index (κ2) is 12.5. The average Bonchev–Trinajstić information content (AvgIpc) is 2.20. The maximum absolute atomic E-state index is 10.8. The van der Waals surface area contributed by atoms with Crippen LogP contribution in [0.15, 0.2) is 0 Å². The molecule has 1 rings (SSSR count). The zero-order valence-electron chi connectivity index (χ0n) is 12.2. The van der Waals surface area contributed by atoms with E-state index in [0.717, 1.165) is 19.0 Å². The fourth-order valence-corrected chi connectivity index (χ4v) is 1.32. The summed E-state index contributed by atoms with van der Waals surface area (Å²) in [6, 6.07) is 0. The number of carbonyl (C=O) groups excluding carboxylic acids is 1. The summed E-state index contributed by atoms with van der Waals surface area (Å²) in [6.07, 6.45) is 4.86. The molecule has 2 heteroatoms. The molecule has 0 saturated carbocycles. The highest BCUT2D eigenvalue weighted by Gasteiger charge is 2.16. The number of nitrogens with zero attached hydrogens (tertiary/aromatic N) is 1. The van der Waals surface area contributed by atoms with Gasteiger partial charge < -0.3 is 4.90 Å². The number of hydrogen-bond acceptors (Lipinski definition) is 1. The first kappa shape index (κ1) is 17.9. The van der Waals surface area contributed by atoms with Crippen molar-refractivity contribution in [3.8, 4) is 0 Å². The van der Waals surface area contributed by atoms with Gasteiger partial charge in [0.05, 0.1) is 0 Å². The van der Waals surface area contributed by atoms with Crippen molar-refractivity contribution in [2.24, 2.45) is 5.92 Å². The van der Waals surface area contributed by atoms with Crippen LogP contribution in [-0.4, -0.2) is 23.9 Å². The van der Waals surface area contributed by atoms with E-state index in [9.17, 15) is 4.79 Å². The van der Waals surface area contributed by atoms with Gasteiger partial charge in [0.2, 0.25) is 5.91 Å². The van der Waals surface area contributed by atoms with Crippen molar-refractivity contribution in [1.82, 2.24) is 4.90 Å². The van der Waals surface area contributed by atoms with Gasteiger partial charge in [0.25, 0.3) is 0 Å². The third-order valence-electron chi connectivity index (χ3n) is 2.23. The summed E-state index contributed by atoms with van der Waals surface area (Å²) in [4.78, 5) is 12.8. The lowest BCUT2D eigenvalue weighted by Gasteiger charge is -2.29. The number of hydrogen-bond donors (Lipinski definition) is 0. The molecule has 1 aliphatic rings. The maximum Gasteiger partial charge on any atom is 0.219 e. The van der Waals surface area contributed by atoms with Gasteiger partial charge in [-0.05, 0) is 18.8 Å². The van der Waals surface area contributed by atoms with Crippen molar-refractivity contribution in [3.05, 3.63) is 0 Å². The Balaban J connectivity index is 0. The van der Waals surface area contributed by atoms with E-state index in [1.54, 1.807) is 6.92 Å². The monoisotopic (exact) mass is 229 g/mol. The highest BCUT2D eigenvalue weighted by Crippen LogP contribution is 2.15. The summed E-state index contributed by atoms with van der Waals surface area (Å²) >= 11 is 0. The van der Waals surface area contributed by atoms with Crippen molar-refractivity contribution >= 4 is 5.91 Å². The van der Waals surface area contributed by atoms with E-state index in [4.69, 9.17) is 0 Å². The molecule has 0 unspecified atom stereocenters. The largest absolute Gasteiger partial charge is 0.343 e. The van der Waals surface area contributed by atoms with Crippen LogP contribution >= 0.6 is 0 Å². The van der Waals surface area contributed by atoms with E-state index in [2.05, 4.69) is 34.6 Å². The molecule has 2 nitrogen and oxygen atoms in total. The summed E-state index contributed by atoms with van der Waals surface area (Å²) in [5, 5.41) is 0. The van der Waals surface area contributed by atoms with E-state index in [0.29, 0.717) is 0 Å². The van der Waals surface area contributed by atoms with Crippen LogP contribution in [0.4, 0.5) is 0 Å². The highest BCUT2D eigenvalue weighted by atomic mass is 16.2. The lowest BCUT2D eigenvalue weighted by Crippen LogP contribution is -2.36. The minimum atomic E-state index is 0.229. The molecule has 16 heavy (non-hydrogen) atoms. The second-order valence-corrected chi connectivity index (χ2v) is 4.60. The van der Waals surface area contributed by atoms with Gasteiger partial charge in [0.15, 0.2) is 0 Å². The van der Waals surface area contributed by atoms with Crippen LogP contribution in [-0.2, 0) is 4.79 Å². The number of rotatable bonds is 0. The summed E-state index contributed by atoms with van der Waals surface area (Å²) in [5.41, 5.74) is 0. The highest BCUT2D eigenvalue weighted by molar-refractivity contribution is 5.73. The molecule has 0 aliphatic carbocycles. The first-order valence-electron chi connectivity index (χ1n) is 6.78. The van der Waals surface area contributed by atoms with Crippen LogP contribution in [0.2, 0.25) is 0 Å². The molecule has 1 heterocycles. The number of carbonyl (C=O) groups is 1. The quantitative estimate of drug-likeness (QED) is 0.612. The van der Waals surface area contributed by atoms with Crippen LogP contribution in [0, 0.1) is 5.92 Å². The molecule has 0 aromatic rings. The maximum atomic E-state index is 10.8. The first-order valence-corrected chi connectivity index (χ1v) is 6.78. The van der Waals surface area contributed by atoms with E-state index < -0.39 is 0 Å². The number of piperidine rings is 1. The minimum absolute atomic E-state index is 0.229. The molecular formula is C14H31NO. The van der Waals surface area contributed by atoms with Gasteiger partial charge in [0, 0.05) is 20.0 Å². The predicted molar refractivity (Wildman–Crippen MR) is 72.6 cm³/mol. The predicted octanol–water partition coefficient (Wildman–Crippen LogP) is 4.10. The third-order valence-corrected chi connectivity index (χ3v) is 2.23. The van der Waals surface area contributed by atoms with Crippen molar-refractivity contribution in [1.29, 1.82) is 0 Å². The molecule has 0 N–H and O–H groups in total. The van der Waals surface area contributed by atoms with Crippen molar-refractivity contribution in [3.63, 3.8) is 0 Å². The van der Waals surface area contributed by atoms with Gasteiger partial charge in [-0.1, -0.05) is 47.5 Å². The Bertz CT molecular complexity index is 147. The van der Waals surface area contributed by atoms with Crippen LogP contribution in [0.1, 0.15) is 67.2 Å². The number of amides is 1. The Morgan fingerprint density at radius 3 is 1.62 bits per heavy atom. The van der Waals surface area contributed by atoms with Gasteiger partial charge >= 0.3 is 0 Å². The van der Waals surface area contributed by atoms with E-state index in [1.807, 2.05) is 4.90 Å². The molecule has 1 amide bonds. The summed E-state index contributed by atoms with van der Waals surface area (Å²) in [6.45, 7) is 14.3. The van der Waals surface area contributed by atoms with E-state index >= 15 is 0 Å². The molecular weight excluding hydrogens is 198 g/mol.